The lowest BCUT2D eigenvalue weighted by Gasteiger charge is -2.19. The summed E-state index contributed by atoms with van der Waals surface area (Å²) in [4.78, 5) is 5.00. The maximum Gasteiger partial charge on any atom is 0.123 e. The third-order valence-electron chi connectivity index (χ3n) is 8.98. The summed E-state index contributed by atoms with van der Waals surface area (Å²) in [6.07, 6.45) is 28.2. The highest BCUT2D eigenvalue weighted by atomic mass is 16.5. The van der Waals surface area contributed by atoms with Crippen LogP contribution in [0, 0.1) is 0 Å². The molecule has 1 aliphatic rings. The SMILES string of the molecule is CCCCCCCCCCCCCCCCCCCCCCOc1cc2nc(c1)C(C)NCCNCCNCCNC2C. The van der Waals surface area contributed by atoms with Gasteiger partial charge in [-0.05, 0) is 20.3 Å². The van der Waals surface area contributed by atoms with Crippen molar-refractivity contribution in [3.05, 3.63) is 23.5 Å². The van der Waals surface area contributed by atoms with E-state index in [1.165, 1.54) is 122 Å². The molecular formula is C37H71N5O. The summed E-state index contributed by atoms with van der Waals surface area (Å²) in [6, 6.07) is 4.66. The molecule has 0 aromatic carbocycles. The fourth-order valence-corrected chi connectivity index (χ4v) is 6.01. The first-order valence-electron chi connectivity index (χ1n) is 18.7. The van der Waals surface area contributed by atoms with E-state index in [4.69, 9.17) is 9.72 Å². The number of nitrogens with one attached hydrogen (secondary N) is 4. The van der Waals surface area contributed by atoms with Gasteiger partial charge in [-0.3, -0.25) is 4.98 Å². The van der Waals surface area contributed by atoms with Crippen molar-refractivity contribution in [1.82, 2.24) is 26.3 Å². The molecule has 6 heteroatoms. The molecule has 2 heterocycles. The number of hydrogen-bond acceptors (Lipinski definition) is 6. The van der Waals surface area contributed by atoms with Gasteiger partial charge in [0.05, 0.1) is 18.0 Å². The van der Waals surface area contributed by atoms with Crippen molar-refractivity contribution >= 4 is 0 Å². The molecule has 6 nitrogen and oxygen atoms in total. The Hall–Kier alpha value is -1.21. The second-order valence-corrected chi connectivity index (χ2v) is 13.1. The van der Waals surface area contributed by atoms with Crippen molar-refractivity contribution in [2.24, 2.45) is 0 Å². The summed E-state index contributed by atoms with van der Waals surface area (Å²) in [6.45, 7) is 13.3. The van der Waals surface area contributed by atoms with Gasteiger partial charge >= 0.3 is 0 Å². The van der Waals surface area contributed by atoms with E-state index in [1.807, 2.05) is 0 Å². The van der Waals surface area contributed by atoms with Gasteiger partial charge in [0.1, 0.15) is 5.75 Å². The summed E-state index contributed by atoms with van der Waals surface area (Å²) in [7, 11) is 0. The zero-order chi connectivity index (χ0) is 30.6. The minimum Gasteiger partial charge on any atom is -0.493 e. The molecule has 250 valence electrons. The Morgan fingerprint density at radius 2 is 0.884 bits per heavy atom. The first-order chi connectivity index (χ1) is 21.2. The van der Waals surface area contributed by atoms with Crippen molar-refractivity contribution in [3.63, 3.8) is 0 Å². The second-order valence-electron chi connectivity index (χ2n) is 13.1. The van der Waals surface area contributed by atoms with E-state index in [0.717, 1.165) is 69.4 Å². The number of nitrogens with zero attached hydrogens (tertiary/aromatic N) is 1. The number of fused-ring (bicyclic) bond motifs is 2. The molecule has 0 saturated carbocycles. The smallest absolute Gasteiger partial charge is 0.123 e. The molecule has 1 aromatic heterocycles. The molecule has 4 N–H and O–H groups in total. The molecule has 2 unspecified atom stereocenters. The maximum absolute atomic E-state index is 6.27. The topological polar surface area (TPSA) is 70.2 Å². The van der Waals surface area contributed by atoms with Gasteiger partial charge in [0, 0.05) is 63.5 Å². The third-order valence-corrected chi connectivity index (χ3v) is 8.98. The Bertz CT molecular complexity index is 724. The molecule has 0 saturated heterocycles. The highest BCUT2D eigenvalue weighted by molar-refractivity contribution is 5.30. The Morgan fingerprint density at radius 1 is 0.535 bits per heavy atom. The molecular weight excluding hydrogens is 530 g/mol. The molecule has 2 rings (SSSR count). The van der Waals surface area contributed by atoms with Crippen LogP contribution in [0.5, 0.6) is 5.75 Å². The summed E-state index contributed by atoms with van der Waals surface area (Å²) in [5.41, 5.74) is 2.13. The van der Waals surface area contributed by atoms with Crippen molar-refractivity contribution in [1.29, 1.82) is 0 Å². The summed E-state index contributed by atoms with van der Waals surface area (Å²) in [5.74, 6) is 0.959. The monoisotopic (exact) mass is 602 g/mol. The average Bonchev–Trinajstić information content (AvgIpc) is 3.02. The lowest BCUT2D eigenvalue weighted by atomic mass is 10.0. The summed E-state index contributed by atoms with van der Waals surface area (Å²) < 4.78 is 6.27. The van der Waals surface area contributed by atoms with E-state index >= 15 is 0 Å². The lowest BCUT2D eigenvalue weighted by molar-refractivity contribution is 0.302. The Kier molecular flexibility index (Phi) is 24.0. The molecule has 2 atom stereocenters. The van der Waals surface area contributed by atoms with Crippen molar-refractivity contribution in [2.75, 3.05) is 45.9 Å². The zero-order valence-corrected chi connectivity index (χ0v) is 28.8. The van der Waals surface area contributed by atoms with E-state index < -0.39 is 0 Å². The van der Waals surface area contributed by atoms with Crippen molar-refractivity contribution in [3.8, 4) is 5.75 Å². The predicted octanol–water partition coefficient (Wildman–Crippen LogP) is 8.78. The average molecular weight is 602 g/mol. The fourth-order valence-electron chi connectivity index (χ4n) is 6.01. The quantitative estimate of drug-likeness (QED) is 0.0996. The van der Waals surface area contributed by atoms with E-state index in [9.17, 15) is 0 Å². The third kappa shape index (κ3) is 20.4. The van der Waals surface area contributed by atoms with Crippen LogP contribution in [0.1, 0.15) is 173 Å². The van der Waals surface area contributed by atoms with Crippen LogP contribution >= 0.6 is 0 Å². The number of pyridine rings is 1. The molecule has 43 heavy (non-hydrogen) atoms. The molecule has 0 fully saturated rings. The maximum atomic E-state index is 6.27. The van der Waals surface area contributed by atoms with Crippen LogP contribution in [0.3, 0.4) is 0 Å². The van der Waals surface area contributed by atoms with Crippen LogP contribution in [0.4, 0.5) is 0 Å². The van der Waals surface area contributed by atoms with Crippen LogP contribution in [0.15, 0.2) is 12.1 Å². The van der Waals surface area contributed by atoms with Crippen LogP contribution in [0.25, 0.3) is 0 Å². The van der Waals surface area contributed by atoms with E-state index in [1.54, 1.807) is 0 Å². The Labute approximate surface area is 267 Å². The van der Waals surface area contributed by atoms with Gasteiger partial charge in [0.25, 0.3) is 0 Å². The molecule has 1 aromatic rings. The molecule has 2 bridgehead atoms. The number of ether oxygens (including phenoxy) is 1. The first kappa shape index (κ1) is 38.0. The summed E-state index contributed by atoms with van der Waals surface area (Å²) in [5, 5.41) is 14.2. The van der Waals surface area contributed by atoms with Crippen molar-refractivity contribution < 1.29 is 4.74 Å². The minimum atomic E-state index is 0.194. The molecule has 0 amide bonds. The van der Waals surface area contributed by atoms with Gasteiger partial charge in [0.2, 0.25) is 0 Å². The molecule has 0 radical (unpaired) electrons. The fraction of sp³-hybridized carbons (Fsp3) is 0.865. The van der Waals surface area contributed by atoms with Gasteiger partial charge in [-0.15, -0.1) is 0 Å². The van der Waals surface area contributed by atoms with Crippen LogP contribution in [0.2, 0.25) is 0 Å². The Balaban J connectivity index is 1.49. The predicted molar refractivity (Wildman–Crippen MR) is 186 cm³/mol. The largest absolute Gasteiger partial charge is 0.493 e. The molecule has 1 aliphatic heterocycles. The highest BCUT2D eigenvalue weighted by Gasteiger charge is 2.14. The van der Waals surface area contributed by atoms with Gasteiger partial charge < -0.3 is 26.0 Å². The van der Waals surface area contributed by atoms with Crippen LogP contribution in [-0.4, -0.2) is 50.9 Å². The van der Waals surface area contributed by atoms with Gasteiger partial charge in [0.15, 0.2) is 0 Å². The van der Waals surface area contributed by atoms with Gasteiger partial charge in [-0.2, -0.15) is 0 Å². The number of unbranched alkanes of at least 4 members (excludes halogenated alkanes) is 19. The van der Waals surface area contributed by atoms with E-state index in [2.05, 4.69) is 54.2 Å². The highest BCUT2D eigenvalue weighted by Crippen LogP contribution is 2.23. The standard InChI is InChI=1S/C37H71N5O/c1-4-5-6-7-8-9-10-11-12-13-14-15-16-17-18-19-20-21-22-23-30-43-35-31-36-33(2)40-28-26-38-24-25-39-27-29-41-34(3)37(32-35)42-36/h31-34,38-41H,4-30H2,1-3H3. The van der Waals surface area contributed by atoms with Crippen molar-refractivity contribution in [2.45, 2.75) is 161 Å². The Morgan fingerprint density at radius 3 is 1.28 bits per heavy atom. The van der Waals surface area contributed by atoms with Gasteiger partial charge in [-0.25, -0.2) is 0 Å². The second kappa shape index (κ2) is 27.1. The van der Waals surface area contributed by atoms with Crippen LogP contribution in [-0.2, 0) is 0 Å². The van der Waals surface area contributed by atoms with E-state index in [0.29, 0.717) is 0 Å². The first-order valence-corrected chi connectivity index (χ1v) is 18.7. The molecule has 0 spiro atoms. The van der Waals surface area contributed by atoms with Crippen LogP contribution < -0.4 is 26.0 Å². The zero-order valence-electron chi connectivity index (χ0n) is 28.8. The number of hydrogen-bond donors (Lipinski definition) is 4. The number of aromatic nitrogens is 1. The summed E-state index contributed by atoms with van der Waals surface area (Å²) >= 11 is 0. The van der Waals surface area contributed by atoms with E-state index in [-0.39, 0.29) is 12.1 Å². The van der Waals surface area contributed by atoms with Gasteiger partial charge in [-0.1, -0.05) is 129 Å². The lowest BCUT2D eigenvalue weighted by Crippen LogP contribution is -2.35. The minimum absolute atomic E-state index is 0.194. The molecule has 0 aliphatic carbocycles. The normalized spacial score (nSPS) is 18.7. The number of rotatable bonds is 22.